The fourth-order valence-corrected chi connectivity index (χ4v) is 5.29. The van der Waals surface area contributed by atoms with Crippen LogP contribution in [0.15, 0.2) is 58.1 Å². The third-order valence-electron chi connectivity index (χ3n) is 5.53. The van der Waals surface area contributed by atoms with Crippen LogP contribution in [0.25, 0.3) is 11.0 Å². The van der Waals surface area contributed by atoms with E-state index in [-0.39, 0.29) is 16.9 Å². The molecule has 1 aliphatic rings. The molecule has 158 valence electrons. The molecule has 0 unspecified atom stereocenters. The van der Waals surface area contributed by atoms with Gasteiger partial charge in [0.05, 0.1) is 17.0 Å². The van der Waals surface area contributed by atoms with Gasteiger partial charge in [0, 0.05) is 28.3 Å². The average molecular weight is 426 g/mol. The smallest absolute Gasteiger partial charge is 0.287 e. The van der Waals surface area contributed by atoms with Crippen molar-refractivity contribution in [3.8, 4) is 0 Å². The summed E-state index contributed by atoms with van der Waals surface area (Å²) in [6.45, 7) is 5.78. The number of carbonyl (C=O) groups excluding carboxylic acids is 1. The summed E-state index contributed by atoms with van der Waals surface area (Å²) in [6, 6.07) is 11.2. The number of carbonyl (C=O) groups is 1. The van der Waals surface area contributed by atoms with Gasteiger partial charge < -0.3 is 14.6 Å². The van der Waals surface area contributed by atoms with Crippen molar-refractivity contribution in [2.24, 2.45) is 0 Å². The van der Waals surface area contributed by atoms with E-state index in [0.717, 1.165) is 48.3 Å². The lowest BCUT2D eigenvalue weighted by molar-refractivity contribution is 0.0925. The van der Waals surface area contributed by atoms with Crippen molar-refractivity contribution in [3.63, 3.8) is 0 Å². The van der Waals surface area contributed by atoms with E-state index in [1.54, 1.807) is 18.5 Å². The lowest BCUT2D eigenvalue weighted by Crippen LogP contribution is -2.37. The number of furan rings is 1. The number of hydrogen-bond donors (Lipinski definition) is 1. The Labute approximate surface area is 179 Å². The van der Waals surface area contributed by atoms with Crippen molar-refractivity contribution < 1.29 is 13.4 Å². The molecule has 1 amide bonds. The van der Waals surface area contributed by atoms with Gasteiger partial charge in [-0.1, -0.05) is 19.1 Å². The highest BCUT2D eigenvalue weighted by Crippen LogP contribution is 2.22. The van der Waals surface area contributed by atoms with Crippen LogP contribution in [0.1, 0.15) is 42.3 Å². The third-order valence-corrected chi connectivity index (χ3v) is 7.35. The normalized spacial score (nSPS) is 16.6. The third kappa shape index (κ3) is 4.79. The molecule has 1 saturated heterocycles. The summed E-state index contributed by atoms with van der Waals surface area (Å²) in [5.41, 5.74) is 1.55. The maximum Gasteiger partial charge on any atom is 0.287 e. The number of nitrogens with one attached hydrogen (secondary N) is 1. The van der Waals surface area contributed by atoms with Gasteiger partial charge in [-0.2, -0.15) is 0 Å². The Balaban J connectivity index is 1.31. The Hall–Kier alpha value is -2.51. The van der Waals surface area contributed by atoms with Crippen LogP contribution < -0.4 is 5.32 Å². The Kier molecular flexibility index (Phi) is 6.59. The average Bonchev–Trinajstić information content (AvgIpc) is 3.23. The standard InChI is InChI=1S/C23H27N3O3S/c1-2-11-26-12-8-20(9-13-26)30(28)19-5-3-17(4-6-19)15-25-23(27)21-14-18-7-10-24-16-22(18)29-21/h3-7,10,14,16,20H,2,8-9,11-13,15H2,1H3,(H,25,27)/t30-/m1/s1. The highest BCUT2D eigenvalue weighted by atomic mass is 32.2. The van der Waals surface area contributed by atoms with Gasteiger partial charge in [0.15, 0.2) is 11.3 Å². The van der Waals surface area contributed by atoms with E-state index < -0.39 is 10.8 Å². The maximum absolute atomic E-state index is 12.9. The molecule has 7 heteroatoms. The molecule has 2 aromatic heterocycles. The second-order valence-corrected chi connectivity index (χ2v) is 9.42. The highest BCUT2D eigenvalue weighted by Gasteiger charge is 2.24. The van der Waals surface area contributed by atoms with Crippen molar-refractivity contribution >= 4 is 27.7 Å². The zero-order chi connectivity index (χ0) is 20.9. The Morgan fingerprint density at radius 2 is 2.00 bits per heavy atom. The molecule has 0 radical (unpaired) electrons. The minimum Gasteiger partial charge on any atom is -0.449 e. The van der Waals surface area contributed by atoms with Crippen LogP contribution >= 0.6 is 0 Å². The second kappa shape index (κ2) is 9.53. The van der Waals surface area contributed by atoms with Crippen molar-refractivity contribution in [1.29, 1.82) is 0 Å². The molecular formula is C23H27N3O3S. The molecule has 1 aromatic carbocycles. The van der Waals surface area contributed by atoms with Gasteiger partial charge in [0.25, 0.3) is 5.91 Å². The van der Waals surface area contributed by atoms with Gasteiger partial charge in [-0.05, 0) is 68.7 Å². The summed E-state index contributed by atoms with van der Waals surface area (Å²) < 4.78 is 18.5. The van der Waals surface area contributed by atoms with Gasteiger partial charge in [-0.25, -0.2) is 0 Å². The molecular weight excluding hydrogens is 398 g/mol. The van der Waals surface area contributed by atoms with Crippen molar-refractivity contribution in [3.05, 3.63) is 60.1 Å². The highest BCUT2D eigenvalue weighted by molar-refractivity contribution is 7.85. The molecule has 4 rings (SSSR count). The summed E-state index contributed by atoms with van der Waals surface area (Å²) in [4.78, 5) is 19.7. The lowest BCUT2D eigenvalue weighted by Gasteiger charge is -2.31. The van der Waals surface area contributed by atoms with E-state index in [4.69, 9.17) is 4.42 Å². The number of pyridine rings is 1. The van der Waals surface area contributed by atoms with E-state index in [2.05, 4.69) is 22.1 Å². The van der Waals surface area contributed by atoms with E-state index in [1.807, 2.05) is 30.3 Å². The first-order valence-electron chi connectivity index (χ1n) is 10.5. The van der Waals surface area contributed by atoms with Crippen molar-refractivity contribution in [2.75, 3.05) is 19.6 Å². The predicted molar refractivity (Wildman–Crippen MR) is 118 cm³/mol. The Bertz CT molecular complexity index is 991. The molecule has 1 fully saturated rings. The summed E-state index contributed by atoms with van der Waals surface area (Å²) in [5.74, 6) is 0.00262. The van der Waals surface area contributed by atoms with Gasteiger partial charge in [0.1, 0.15) is 0 Å². The summed E-state index contributed by atoms with van der Waals surface area (Å²) >= 11 is 0. The Morgan fingerprint density at radius 1 is 1.23 bits per heavy atom. The number of benzene rings is 1. The van der Waals surface area contributed by atoms with E-state index in [0.29, 0.717) is 12.1 Å². The number of piperidine rings is 1. The van der Waals surface area contributed by atoms with Crippen LogP contribution in [0, 0.1) is 0 Å². The van der Waals surface area contributed by atoms with Crippen LogP contribution in [0.3, 0.4) is 0 Å². The van der Waals surface area contributed by atoms with Gasteiger partial charge in [0.2, 0.25) is 0 Å². The number of fused-ring (bicyclic) bond motifs is 1. The van der Waals surface area contributed by atoms with E-state index in [9.17, 15) is 9.00 Å². The van der Waals surface area contributed by atoms with Gasteiger partial charge in [-0.15, -0.1) is 0 Å². The monoisotopic (exact) mass is 425 g/mol. The maximum atomic E-state index is 12.9. The first-order chi connectivity index (χ1) is 14.6. The topological polar surface area (TPSA) is 75.4 Å². The number of amides is 1. The molecule has 3 heterocycles. The molecule has 30 heavy (non-hydrogen) atoms. The van der Waals surface area contributed by atoms with E-state index in [1.165, 1.54) is 6.42 Å². The van der Waals surface area contributed by atoms with Crippen LogP contribution in [0.2, 0.25) is 0 Å². The number of likely N-dealkylation sites (tertiary alicyclic amines) is 1. The SMILES string of the molecule is CCCN1CCC([S@](=O)c2ccc(CNC(=O)c3cc4ccncc4o3)cc2)CC1. The summed E-state index contributed by atoms with van der Waals surface area (Å²) in [5, 5.41) is 3.95. The quantitative estimate of drug-likeness (QED) is 0.624. The van der Waals surface area contributed by atoms with Crippen LogP contribution in [0.4, 0.5) is 0 Å². The minimum absolute atomic E-state index is 0.228. The molecule has 0 saturated carbocycles. The number of aromatic nitrogens is 1. The minimum atomic E-state index is -0.983. The lowest BCUT2D eigenvalue weighted by atomic mass is 10.1. The molecule has 1 atom stereocenters. The largest absolute Gasteiger partial charge is 0.449 e. The molecule has 6 nitrogen and oxygen atoms in total. The molecule has 0 aliphatic carbocycles. The van der Waals surface area contributed by atoms with Crippen LogP contribution in [-0.2, 0) is 17.3 Å². The molecule has 0 bridgehead atoms. The molecule has 3 aromatic rings. The first-order valence-corrected chi connectivity index (χ1v) is 11.7. The van der Waals surface area contributed by atoms with Crippen molar-refractivity contribution in [1.82, 2.24) is 15.2 Å². The summed E-state index contributed by atoms with van der Waals surface area (Å²) in [6.07, 6.45) is 6.40. The number of nitrogens with zero attached hydrogens (tertiary/aromatic N) is 2. The van der Waals surface area contributed by atoms with Crippen molar-refractivity contribution in [2.45, 2.75) is 42.9 Å². The zero-order valence-electron chi connectivity index (χ0n) is 17.2. The second-order valence-electron chi connectivity index (χ2n) is 7.69. The van der Waals surface area contributed by atoms with Gasteiger partial charge >= 0.3 is 0 Å². The number of rotatable bonds is 7. The summed E-state index contributed by atoms with van der Waals surface area (Å²) in [7, 11) is -0.983. The fourth-order valence-electron chi connectivity index (χ4n) is 3.86. The number of hydrogen-bond acceptors (Lipinski definition) is 5. The van der Waals surface area contributed by atoms with Gasteiger partial charge in [-0.3, -0.25) is 14.0 Å². The van der Waals surface area contributed by atoms with Crippen LogP contribution in [-0.4, -0.2) is 44.9 Å². The Morgan fingerprint density at radius 3 is 2.70 bits per heavy atom. The van der Waals surface area contributed by atoms with E-state index >= 15 is 0 Å². The molecule has 1 N–H and O–H groups in total. The van der Waals surface area contributed by atoms with Crippen LogP contribution in [0.5, 0.6) is 0 Å². The molecule has 1 aliphatic heterocycles. The molecule has 0 spiro atoms. The fraction of sp³-hybridized carbons (Fsp3) is 0.391. The zero-order valence-corrected chi connectivity index (χ0v) is 18.0. The predicted octanol–water partition coefficient (Wildman–Crippen LogP) is 3.74. The first kappa shape index (κ1) is 20.8.